The summed E-state index contributed by atoms with van der Waals surface area (Å²) in [6.07, 6.45) is 1.77. The molecule has 0 fully saturated rings. The van der Waals surface area contributed by atoms with E-state index in [9.17, 15) is 4.79 Å². The summed E-state index contributed by atoms with van der Waals surface area (Å²) in [6.45, 7) is 6.54. The summed E-state index contributed by atoms with van der Waals surface area (Å²) in [6, 6.07) is 1.47. The Labute approximate surface area is 95.5 Å². The van der Waals surface area contributed by atoms with Crippen LogP contribution in [0.25, 0.3) is 0 Å². The van der Waals surface area contributed by atoms with E-state index in [0.29, 0.717) is 18.2 Å². The monoisotopic (exact) mass is 224 g/mol. The average molecular weight is 224 g/mol. The van der Waals surface area contributed by atoms with Gasteiger partial charge in [0.25, 0.3) is 5.56 Å². The highest BCUT2D eigenvalue weighted by atomic mass is 16.1. The van der Waals surface area contributed by atoms with Crippen molar-refractivity contribution < 1.29 is 0 Å². The van der Waals surface area contributed by atoms with Gasteiger partial charge in [0.2, 0.25) is 0 Å². The Balaban J connectivity index is 2.89. The standard InChI is InChI=1S/C11H20N4O/c1-4-11(3,5-6-12)15-9-7-10(16)14-8(2)13-9/h7H,4-6,12H2,1-3H3,(H2,13,14,15,16). The first-order valence-corrected chi connectivity index (χ1v) is 5.55. The number of nitrogens with zero attached hydrogens (tertiary/aromatic N) is 1. The molecule has 1 heterocycles. The normalized spacial score (nSPS) is 14.5. The molecule has 90 valence electrons. The molecule has 1 aromatic rings. The molecule has 4 N–H and O–H groups in total. The smallest absolute Gasteiger partial charge is 0.252 e. The molecule has 1 atom stereocenters. The van der Waals surface area contributed by atoms with Gasteiger partial charge in [-0.3, -0.25) is 4.79 Å². The highest BCUT2D eigenvalue weighted by Crippen LogP contribution is 2.19. The molecule has 1 rings (SSSR count). The summed E-state index contributed by atoms with van der Waals surface area (Å²) >= 11 is 0. The van der Waals surface area contributed by atoms with Gasteiger partial charge in [0, 0.05) is 11.6 Å². The number of aromatic nitrogens is 2. The quantitative estimate of drug-likeness (QED) is 0.697. The fraction of sp³-hybridized carbons (Fsp3) is 0.636. The number of anilines is 1. The van der Waals surface area contributed by atoms with E-state index in [4.69, 9.17) is 5.73 Å². The molecular weight excluding hydrogens is 204 g/mol. The van der Waals surface area contributed by atoms with E-state index in [1.807, 2.05) is 0 Å². The minimum absolute atomic E-state index is 0.109. The van der Waals surface area contributed by atoms with Crippen molar-refractivity contribution in [1.82, 2.24) is 9.97 Å². The van der Waals surface area contributed by atoms with Gasteiger partial charge < -0.3 is 16.0 Å². The zero-order valence-corrected chi connectivity index (χ0v) is 10.1. The zero-order chi connectivity index (χ0) is 12.2. The highest BCUT2D eigenvalue weighted by molar-refractivity contribution is 5.36. The van der Waals surface area contributed by atoms with Gasteiger partial charge in [-0.05, 0) is 33.2 Å². The summed E-state index contributed by atoms with van der Waals surface area (Å²) < 4.78 is 0. The lowest BCUT2D eigenvalue weighted by Crippen LogP contribution is -2.37. The molecular formula is C11H20N4O. The van der Waals surface area contributed by atoms with Crippen LogP contribution in [0.1, 0.15) is 32.5 Å². The van der Waals surface area contributed by atoms with E-state index in [-0.39, 0.29) is 11.1 Å². The van der Waals surface area contributed by atoms with Crippen LogP contribution >= 0.6 is 0 Å². The molecule has 0 bridgehead atoms. The van der Waals surface area contributed by atoms with Crippen molar-refractivity contribution in [2.45, 2.75) is 39.2 Å². The average Bonchev–Trinajstić information content (AvgIpc) is 2.16. The van der Waals surface area contributed by atoms with Crippen LogP contribution in [0, 0.1) is 6.92 Å². The van der Waals surface area contributed by atoms with Crippen LogP contribution in [0.4, 0.5) is 5.82 Å². The lowest BCUT2D eigenvalue weighted by molar-refractivity contribution is 0.461. The summed E-state index contributed by atoms with van der Waals surface area (Å²) in [5.41, 5.74) is 5.33. The number of nitrogens with one attached hydrogen (secondary N) is 2. The van der Waals surface area contributed by atoms with Gasteiger partial charge >= 0.3 is 0 Å². The molecule has 0 amide bonds. The fourth-order valence-electron chi connectivity index (χ4n) is 1.60. The molecule has 0 aliphatic rings. The lowest BCUT2D eigenvalue weighted by atomic mass is 9.94. The van der Waals surface area contributed by atoms with Gasteiger partial charge in [-0.25, -0.2) is 4.98 Å². The first kappa shape index (κ1) is 12.7. The summed E-state index contributed by atoms with van der Waals surface area (Å²) in [7, 11) is 0. The Morgan fingerprint density at radius 1 is 1.62 bits per heavy atom. The van der Waals surface area contributed by atoms with Crippen molar-refractivity contribution in [1.29, 1.82) is 0 Å². The Kier molecular flexibility index (Phi) is 4.06. The second-order valence-electron chi connectivity index (χ2n) is 4.29. The van der Waals surface area contributed by atoms with Gasteiger partial charge in [-0.2, -0.15) is 0 Å². The van der Waals surface area contributed by atoms with E-state index in [2.05, 4.69) is 29.1 Å². The molecule has 1 aromatic heterocycles. The maximum absolute atomic E-state index is 11.3. The van der Waals surface area contributed by atoms with Gasteiger partial charge in [0.1, 0.15) is 11.6 Å². The first-order chi connectivity index (χ1) is 7.49. The lowest BCUT2D eigenvalue weighted by Gasteiger charge is -2.29. The van der Waals surface area contributed by atoms with Crippen molar-refractivity contribution in [3.63, 3.8) is 0 Å². The third kappa shape index (κ3) is 3.34. The Bertz CT molecular complexity index is 401. The number of aryl methyl sites for hydroxylation is 1. The summed E-state index contributed by atoms with van der Waals surface area (Å²) in [5.74, 6) is 1.22. The van der Waals surface area contributed by atoms with E-state index in [1.165, 1.54) is 6.07 Å². The predicted molar refractivity (Wildman–Crippen MR) is 65.6 cm³/mol. The number of rotatable bonds is 5. The van der Waals surface area contributed by atoms with Crippen molar-refractivity contribution >= 4 is 5.82 Å². The van der Waals surface area contributed by atoms with Gasteiger partial charge in [0.05, 0.1) is 0 Å². The molecule has 0 radical (unpaired) electrons. The van der Waals surface area contributed by atoms with Crippen LogP contribution in [0.15, 0.2) is 10.9 Å². The molecule has 0 saturated carbocycles. The van der Waals surface area contributed by atoms with Gasteiger partial charge in [-0.1, -0.05) is 6.92 Å². The number of hydrogen-bond acceptors (Lipinski definition) is 4. The zero-order valence-electron chi connectivity index (χ0n) is 10.1. The molecule has 0 spiro atoms. The number of H-pyrrole nitrogens is 1. The maximum atomic E-state index is 11.3. The van der Waals surface area contributed by atoms with Crippen molar-refractivity contribution in [3.8, 4) is 0 Å². The van der Waals surface area contributed by atoms with E-state index in [0.717, 1.165) is 12.8 Å². The third-order valence-electron chi connectivity index (χ3n) is 2.77. The summed E-state index contributed by atoms with van der Waals surface area (Å²) in [4.78, 5) is 18.1. The Morgan fingerprint density at radius 2 is 2.31 bits per heavy atom. The molecule has 1 unspecified atom stereocenters. The molecule has 5 nitrogen and oxygen atoms in total. The molecule has 0 saturated heterocycles. The number of aromatic amines is 1. The van der Waals surface area contributed by atoms with Crippen molar-refractivity contribution in [2.24, 2.45) is 5.73 Å². The largest absolute Gasteiger partial charge is 0.365 e. The van der Waals surface area contributed by atoms with E-state index < -0.39 is 0 Å². The van der Waals surface area contributed by atoms with Crippen LogP contribution < -0.4 is 16.6 Å². The van der Waals surface area contributed by atoms with Crippen molar-refractivity contribution in [2.75, 3.05) is 11.9 Å². The fourth-order valence-corrected chi connectivity index (χ4v) is 1.60. The molecule has 16 heavy (non-hydrogen) atoms. The van der Waals surface area contributed by atoms with E-state index in [1.54, 1.807) is 6.92 Å². The minimum Gasteiger partial charge on any atom is -0.365 e. The molecule has 0 aliphatic heterocycles. The number of hydrogen-bond donors (Lipinski definition) is 3. The summed E-state index contributed by atoms with van der Waals surface area (Å²) in [5, 5.41) is 3.28. The second kappa shape index (κ2) is 5.12. The maximum Gasteiger partial charge on any atom is 0.252 e. The van der Waals surface area contributed by atoms with Gasteiger partial charge in [0.15, 0.2) is 0 Å². The van der Waals surface area contributed by atoms with Crippen LogP contribution in [0.2, 0.25) is 0 Å². The van der Waals surface area contributed by atoms with Crippen molar-refractivity contribution in [3.05, 3.63) is 22.2 Å². The predicted octanol–water partition coefficient (Wildman–Crippen LogP) is 1.01. The Hall–Kier alpha value is -1.36. The van der Waals surface area contributed by atoms with Crippen LogP contribution in [0.3, 0.4) is 0 Å². The molecule has 0 aliphatic carbocycles. The van der Waals surface area contributed by atoms with E-state index >= 15 is 0 Å². The van der Waals surface area contributed by atoms with Crippen LogP contribution in [-0.2, 0) is 0 Å². The van der Waals surface area contributed by atoms with Crippen LogP contribution in [-0.4, -0.2) is 22.1 Å². The Morgan fingerprint density at radius 3 is 2.81 bits per heavy atom. The SMILES string of the molecule is CCC(C)(CCN)Nc1cc(=O)[nH]c(C)n1. The molecule has 0 aromatic carbocycles. The minimum atomic E-state index is -0.138. The highest BCUT2D eigenvalue weighted by Gasteiger charge is 2.21. The van der Waals surface area contributed by atoms with Gasteiger partial charge in [-0.15, -0.1) is 0 Å². The second-order valence-corrected chi connectivity index (χ2v) is 4.29. The van der Waals surface area contributed by atoms with Crippen LogP contribution in [0.5, 0.6) is 0 Å². The first-order valence-electron chi connectivity index (χ1n) is 5.55. The number of nitrogens with two attached hydrogens (primary N) is 1. The molecule has 5 heteroatoms. The topological polar surface area (TPSA) is 83.8 Å². The third-order valence-corrected chi connectivity index (χ3v) is 2.77.